The lowest BCUT2D eigenvalue weighted by molar-refractivity contribution is 0.354. The van der Waals surface area contributed by atoms with Crippen LogP contribution in [0.2, 0.25) is 0 Å². The first-order valence-corrected chi connectivity index (χ1v) is 7.21. The molecule has 0 spiro atoms. The van der Waals surface area contributed by atoms with Crippen molar-refractivity contribution in [3.05, 3.63) is 57.6 Å². The fourth-order valence-electron chi connectivity index (χ4n) is 1.91. The molecule has 1 unspecified atom stereocenters. The number of halogens is 4. The van der Waals surface area contributed by atoms with E-state index in [9.17, 15) is 8.78 Å². The van der Waals surface area contributed by atoms with E-state index in [1.54, 1.807) is 12.1 Å². The van der Waals surface area contributed by atoms with Crippen LogP contribution in [0.1, 0.15) is 16.5 Å². The molecule has 0 radical (unpaired) electrons. The smallest absolute Gasteiger partial charge is 0.161 e. The van der Waals surface area contributed by atoms with Gasteiger partial charge in [-0.2, -0.15) is 0 Å². The van der Waals surface area contributed by atoms with Crippen molar-refractivity contribution in [2.75, 3.05) is 14.2 Å². The Morgan fingerprint density at radius 1 is 1.00 bits per heavy atom. The van der Waals surface area contributed by atoms with E-state index in [4.69, 9.17) is 21.1 Å². The Kier molecular flexibility index (Phi) is 5.06. The second-order valence-electron chi connectivity index (χ2n) is 4.26. The van der Waals surface area contributed by atoms with Crippen LogP contribution in [0, 0.1) is 11.6 Å². The lowest BCUT2D eigenvalue weighted by Crippen LogP contribution is -1.99. The summed E-state index contributed by atoms with van der Waals surface area (Å²) in [7, 11) is 3.04. The molecular formula is C15H12BrClF2O2. The number of hydrogen-bond donors (Lipinski definition) is 0. The lowest BCUT2D eigenvalue weighted by Gasteiger charge is -2.16. The number of hydrogen-bond acceptors (Lipinski definition) is 2. The van der Waals surface area contributed by atoms with Crippen molar-refractivity contribution in [2.24, 2.45) is 0 Å². The Hall–Kier alpha value is -1.33. The first-order chi connectivity index (χ1) is 9.97. The van der Waals surface area contributed by atoms with Gasteiger partial charge in [0.05, 0.1) is 19.6 Å². The molecule has 0 N–H and O–H groups in total. The molecule has 2 rings (SSSR count). The molecule has 0 aromatic heterocycles. The van der Waals surface area contributed by atoms with Crippen LogP contribution in [-0.2, 0) is 0 Å². The van der Waals surface area contributed by atoms with Gasteiger partial charge < -0.3 is 9.47 Å². The summed E-state index contributed by atoms with van der Waals surface area (Å²) in [4.78, 5) is 0. The summed E-state index contributed by atoms with van der Waals surface area (Å²) >= 11 is 9.76. The van der Waals surface area contributed by atoms with Crippen molar-refractivity contribution in [1.29, 1.82) is 0 Å². The molecule has 0 bridgehead atoms. The maximum Gasteiger partial charge on any atom is 0.161 e. The van der Waals surface area contributed by atoms with Gasteiger partial charge in [-0.1, -0.05) is 22.0 Å². The van der Waals surface area contributed by atoms with Crippen LogP contribution in [-0.4, -0.2) is 14.2 Å². The van der Waals surface area contributed by atoms with Gasteiger partial charge in [0.2, 0.25) is 0 Å². The summed E-state index contributed by atoms with van der Waals surface area (Å²) in [5.74, 6) is -0.796. The van der Waals surface area contributed by atoms with Gasteiger partial charge in [-0.15, -0.1) is 11.6 Å². The third-order valence-electron chi connectivity index (χ3n) is 3.01. The van der Waals surface area contributed by atoms with Crippen LogP contribution in [0.3, 0.4) is 0 Å². The maximum absolute atomic E-state index is 13.3. The monoisotopic (exact) mass is 376 g/mol. The van der Waals surface area contributed by atoms with E-state index in [1.807, 2.05) is 0 Å². The van der Waals surface area contributed by atoms with Crippen molar-refractivity contribution in [2.45, 2.75) is 5.38 Å². The van der Waals surface area contributed by atoms with Crippen molar-refractivity contribution in [3.8, 4) is 11.5 Å². The highest BCUT2D eigenvalue weighted by Gasteiger charge is 2.19. The number of methoxy groups -OCH3 is 2. The van der Waals surface area contributed by atoms with E-state index in [-0.39, 0.29) is 0 Å². The molecule has 0 fully saturated rings. The summed E-state index contributed by atoms with van der Waals surface area (Å²) in [6.07, 6.45) is 0. The molecule has 112 valence electrons. The Balaban J connectivity index is 2.47. The second kappa shape index (κ2) is 6.62. The Morgan fingerprint density at radius 2 is 1.62 bits per heavy atom. The Bertz CT molecular complexity index is 664. The maximum atomic E-state index is 13.3. The van der Waals surface area contributed by atoms with E-state index in [1.165, 1.54) is 20.3 Å². The highest BCUT2D eigenvalue weighted by Crippen LogP contribution is 2.40. The molecular weight excluding hydrogens is 366 g/mol. The summed E-state index contributed by atoms with van der Waals surface area (Å²) in [5.41, 5.74) is 1.11. The molecule has 21 heavy (non-hydrogen) atoms. The summed E-state index contributed by atoms with van der Waals surface area (Å²) in [6.45, 7) is 0. The van der Waals surface area contributed by atoms with Crippen LogP contribution in [0.25, 0.3) is 0 Å². The summed E-state index contributed by atoms with van der Waals surface area (Å²) in [6, 6.07) is 6.98. The third kappa shape index (κ3) is 3.30. The minimum atomic E-state index is -0.935. The molecule has 1 atom stereocenters. The predicted octanol–water partition coefficient (Wildman–Crippen LogP) is 5.07. The SMILES string of the molecule is COc1cc(Br)c(C(Cl)c2ccc(F)c(F)c2)cc1OC. The van der Waals surface area contributed by atoms with Gasteiger partial charge in [-0.05, 0) is 35.4 Å². The highest BCUT2D eigenvalue weighted by molar-refractivity contribution is 9.10. The predicted molar refractivity (Wildman–Crippen MR) is 81.3 cm³/mol. The van der Waals surface area contributed by atoms with Crippen LogP contribution < -0.4 is 9.47 Å². The molecule has 2 aromatic rings. The molecule has 0 heterocycles. The normalized spacial score (nSPS) is 12.1. The molecule has 6 heteroatoms. The zero-order chi connectivity index (χ0) is 15.6. The molecule has 0 saturated heterocycles. The van der Waals surface area contributed by atoms with Gasteiger partial charge in [0.25, 0.3) is 0 Å². The summed E-state index contributed by atoms with van der Waals surface area (Å²) < 4.78 is 37.4. The van der Waals surface area contributed by atoms with Crippen molar-refractivity contribution < 1.29 is 18.3 Å². The number of ether oxygens (including phenoxy) is 2. The molecule has 0 amide bonds. The molecule has 2 aromatic carbocycles. The molecule has 0 aliphatic heterocycles. The van der Waals surface area contributed by atoms with Gasteiger partial charge in [0, 0.05) is 4.47 Å². The molecule has 2 nitrogen and oxygen atoms in total. The van der Waals surface area contributed by atoms with Gasteiger partial charge in [-0.3, -0.25) is 0 Å². The standard InChI is InChI=1S/C15H12BrClF2O2/c1-20-13-6-9(10(16)7-14(13)21-2)15(17)8-3-4-11(18)12(19)5-8/h3-7,15H,1-2H3. The van der Waals surface area contributed by atoms with Crippen LogP contribution >= 0.6 is 27.5 Å². The van der Waals surface area contributed by atoms with Crippen LogP contribution in [0.5, 0.6) is 11.5 Å². The number of benzene rings is 2. The topological polar surface area (TPSA) is 18.5 Å². The fourth-order valence-corrected chi connectivity index (χ4v) is 2.91. The minimum Gasteiger partial charge on any atom is -0.493 e. The molecule has 0 saturated carbocycles. The van der Waals surface area contributed by atoms with Gasteiger partial charge in [0.15, 0.2) is 23.1 Å². The van der Waals surface area contributed by atoms with Crippen LogP contribution in [0.4, 0.5) is 8.78 Å². The zero-order valence-corrected chi connectivity index (χ0v) is 13.6. The fraction of sp³-hybridized carbons (Fsp3) is 0.200. The van der Waals surface area contributed by atoms with Gasteiger partial charge >= 0.3 is 0 Å². The van der Waals surface area contributed by atoms with Crippen molar-refractivity contribution in [3.63, 3.8) is 0 Å². The number of alkyl halides is 1. The number of rotatable bonds is 4. The quantitative estimate of drug-likeness (QED) is 0.692. The zero-order valence-electron chi connectivity index (χ0n) is 11.3. The largest absolute Gasteiger partial charge is 0.493 e. The van der Waals surface area contributed by atoms with E-state index in [0.717, 1.165) is 12.1 Å². The van der Waals surface area contributed by atoms with E-state index >= 15 is 0 Å². The average molecular weight is 378 g/mol. The first kappa shape index (κ1) is 16.0. The first-order valence-electron chi connectivity index (χ1n) is 5.98. The lowest BCUT2D eigenvalue weighted by atomic mass is 10.0. The van der Waals surface area contributed by atoms with E-state index in [0.29, 0.717) is 27.1 Å². The Labute approximate surface area is 134 Å². The van der Waals surface area contributed by atoms with Gasteiger partial charge in [-0.25, -0.2) is 8.78 Å². The highest BCUT2D eigenvalue weighted by atomic mass is 79.9. The van der Waals surface area contributed by atoms with Crippen molar-refractivity contribution >= 4 is 27.5 Å². The van der Waals surface area contributed by atoms with Gasteiger partial charge in [0.1, 0.15) is 0 Å². The molecule has 0 aliphatic rings. The average Bonchev–Trinajstić information content (AvgIpc) is 2.49. The van der Waals surface area contributed by atoms with Crippen LogP contribution in [0.15, 0.2) is 34.8 Å². The summed E-state index contributed by atoms with van der Waals surface area (Å²) in [5, 5.41) is -0.658. The molecule has 0 aliphatic carbocycles. The minimum absolute atomic E-state index is 0.448. The third-order valence-corrected chi connectivity index (χ3v) is 4.19. The van der Waals surface area contributed by atoms with E-state index in [2.05, 4.69) is 15.9 Å². The van der Waals surface area contributed by atoms with Crippen molar-refractivity contribution in [1.82, 2.24) is 0 Å². The Morgan fingerprint density at radius 3 is 2.19 bits per heavy atom. The second-order valence-corrected chi connectivity index (χ2v) is 5.56. The van der Waals surface area contributed by atoms with E-state index < -0.39 is 17.0 Å².